The average Bonchev–Trinajstić information content (AvgIpc) is 3.02. The highest BCUT2D eigenvalue weighted by Crippen LogP contribution is 2.62. The maximum absolute atomic E-state index is 11.7. The predicted molar refractivity (Wildman–Crippen MR) is 65.9 cm³/mol. The van der Waals surface area contributed by atoms with Gasteiger partial charge in [0.2, 0.25) is 0 Å². The van der Waals surface area contributed by atoms with Crippen molar-refractivity contribution in [2.75, 3.05) is 6.61 Å². The molecule has 2 aliphatic heterocycles. The van der Waals surface area contributed by atoms with E-state index >= 15 is 0 Å². The maximum Gasteiger partial charge on any atom is 0.334 e. The van der Waals surface area contributed by atoms with Crippen LogP contribution in [-0.2, 0) is 14.3 Å². The van der Waals surface area contributed by atoms with Gasteiger partial charge in [-0.15, -0.1) is 0 Å². The lowest BCUT2D eigenvalue weighted by Crippen LogP contribution is -2.50. The summed E-state index contributed by atoms with van der Waals surface area (Å²) in [6.45, 7) is 7.22. The summed E-state index contributed by atoms with van der Waals surface area (Å²) in [4.78, 5) is 11.7. The Morgan fingerprint density at radius 3 is 2.89 bits per heavy atom. The summed E-state index contributed by atoms with van der Waals surface area (Å²) in [6, 6.07) is 0. The summed E-state index contributed by atoms with van der Waals surface area (Å²) in [6.07, 6.45) is 5.81. The van der Waals surface area contributed by atoms with Crippen LogP contribution in [0.1, 0.15) is 39.0 Å². The molecule has 0 aromatic rings. The molecule has 0 N–H and O–H groups in total. The van der Waals surface area contributed by atoms with Crippen molar-refractivity contribution >= 4 is 5.97 Å². The number of fused-ring (bicyclic) bond motifs is 3. The Morgan fingerprint density at radius 2 is 2.17 bits per heavy atom. The lowest BCUT2D eigenvalue weighted by molar-refractivity contribution is -0.144. The first-order valence-corrected chi connectivity index (χ1v) is 7.08. The SMILES string of the molecule is C=C1C(=O)O[C@@H]2C[C@@]3(C)CCC[C@]4(CO4)C3C[C@H]12. The molecule has 0 aromatic carbocycles. The lowest BCUT2D eigenvalue weighted by Gasteiger charge is -2.51. The molecule has 4 fully saturated rings. The normalized spacial score (nSPS) is 53.9. The van der Waals surface area contributed by atoms with Crippen molar-refractivity contribution in [1.29, 1.82) is 0 Å². The largest absolute Gasteiger partial charge is 0.458 e. The molecule has 0 bridgehead atoms. The summed E-state index contributed by atoms with van der Waals surface area (Å²) < 4.78 is 11.3. The van der Waals surface area contributed by atoms with Gasteiger partial charge >= 0.3 is 5.97 Å². The third-order valence-electron chi connectivity index (χ3n) is 5.91. The van der Waals surface area contributed by atoms with E-state index in [4.69, 9.17) is 9.47 Å². The second kappa shape index (κ2) is 3.19. The Hall–Kier alpha value is -0.830. The molecule has 2 saturated carbocycles. The highest BCUT2D eigenvalue weighted by molar-refractivity contribution is 5.90. The van der Waals surface area contributed by atoms with Gasteiger partial charge in [-0.25, -0.2) is 4.79 Å². The Morgan fingerprint density at radius 1 is 1.39 bits per heavy atom. The number of carbonyl (C=O) groups excluding carboxylic acids is 1. The zero-order chi connectivity index (χ0) is 12.5. The molecule has 2 aliphatic carbocycles. The molecule has 1 unspecified atom stereocenters. The molecule has 2 saturated heterocycles. The van der Waals surface area contributed by atoms with Crippen molar-refractivity contribution in [2.45, 2.75) is 50.7 Å². The van der Waals surface area contributed by atoms with E-state index < -0.39 is 0 Å². The summed E-state index contributed by atoms with van der Waals surface area (Å²) in [7, 11) is 0. The number of carbonyl (C=O) groups is 1. The Labute approximate surface area is 108 Å². The molecule has 1 spiro atoms. The molecule has 0 amide bonds. The van der Waals surface area contributed by atoms with Crippen LogP contribution in [0.3, 0.4) is 0 Å². The fourth-order valence-electron chi connectivity index (χ4n) is 4.82. The fraction of sp³-hybridized carbons (Fsp3) is 0.800. The van der Waals surface area contributed by atoms with Crippen LogP contribution in [-0.4, -0.2) is 24.3 Å². The minimum atomic E-state index is -0.169. The van der Waals surface area contributed by atoms with Gasteiger partial charge in [-0.1, -0.05) is 13.5 Å². The van der Waals surface area contributed by atoms with Crippen molar-refractivity contribution in [2.24, 2.45) is 17.3 Å². The summed E-state index contributed by atoms with van der Waals surface area (Å²) >= 11 is 0. The molecule has 0 aromatic heterocycles. The maximum atomic E-state index is 11.7. The average molecular weight is 248 g/mol. The van der Waals surface area contributed by atoms with E-state index in [2.05, 4.69) is 13.5 Å². The summed E-state index contributed by atoms with van der Waals surface area (Å²) in [5.74, 6) is 0.666. The van der Waals surface area contributed by atoms with Crippen LogP contribution in [0.25, 0.3) is 0 Å². The standard InChI is InChI=1S/C15H20O3/c1-9-10-6-12-14(2,7-11(10)18-13(9)16)4-3-5-15(12)8-17-15/h10-12H,1,3-8H2,2H3/t10-,11-,12?,14-,15+/m1/s1. The summed E-state index contributed by atoms with van der Waals surface area (Å²) in [5.41, 5.74) is 1.13. The van der Waals surface area contributed by atoms with Gasteiger partial charge in [0, 0.05) is 11.5 Å². The lowest BCUT2D eigenvalue weighted by atomic mass is 9.53. The highest BCUT2D eigenvalue weighted by Gasteiger charge is 2.64. The van der Waals surface area contributed by atoms with Gasteiger partial charge in [0.15, 0.2) is 0 Å². The molecular formula is C15H20O3. The first-order valence-electron chi connectivity index (χ1n) is 7.08. The molecule has 5 atom stereocenters. The van der Waals surface area contributed by atoms with Crippen molar-refractivity contribution < 1.29 is 14.3 Å². The topological polar surface area (TPSA) is 38.8 Å². The molecule has 0 radical (unpaired) electrons. The van der Waals surface area contributed by atoms with E-state index in [0.717, 1.165) is 19.4 Å². The molecule has 4 rings (SSSR count). The van der Waals surface area contributed by atoms with Crippen molar-refractivity contribution in [3.05, 3.63) is 12.2 Å². The molecule has 4 aliphatic rings. The number of hydrogen-bond acceptors (Lipinski definition) is 3. The highest BCUT2D eigenvalue weighted by atomic mass is 16.6. The number of rotatable bonds is 0. The van der Waals surface area contributed by atoms with E-state index in [1.807, 2.05) is 0 Å². The molecule has 3 nitrogen and oxygen atoms in total. The monoisotopic (exact) mass is 248 g/mol. The molecule has 18 heavy (non-hydrogen) atoms. The van der Waals surface area contributed by atoms with Crippen molar-refractivity contribution in [1.82, 2.24) is 0 Å². The number of esters is 1. The first-order chi connectivity index (χ1) is 8.54. The van der Waals surface area contributed by atoms with Gasteiger partial charge < -0.3 is 9.47 Å². The van der Waals surface area contributed by atoms with Gasteiger partial charge in [0.05, 0.1) is 12.2 Å². The minimum absolute atomic E-state index is 0.0835. The molecule has 98 valence electrons. The van der Waals surface area contributed by atoms with Crippen LogP contribution in [0.2, 0.25) is 0 Å². The quantitative estimate of drug-likeness (QED) is 0.375. The Kier molecular flexibility index (Phi) is 1.95. The third-order valence-corrected chi connectivity index (χ3v) is 5.91. The number of ether oxygens (including phenoxy) is 2. The zero-order valence-corrected chi connectivity index (χ0v) is 10.9. The smallest absolute Gasteiger partial charge is 0.334 e. The van der Waals surface area contributed by atoms with E-state index in [1.54, 1.807) is 0 Å². The number of epoxide rings is 1. The van der Waals surface area contributed by atoms with Crippen molar-refractivity contribution in [3.8, 4) is 0 Å². The van der Waals surface area contributed by atoms with Crippen LogP contribution in [0.15, 0.2) is 12.2 Å². The second-order valence-electron chi connectivity index (χ2n) is 6.93. The first kappa shape index (κ1) is 11.0. The van der Waals surface area contributed by atoms with Gasteiger partial charge in [0.1, 0.15) is 6.10 Å². The van der Waals surface area contributed by atoms with Gasteiger partial charge in [-0.05, 0) is 43.4 Å². The fourth-order valence-corrected chi connectivity index (χ4v) is 4.82. The van der Waals surface area contributed by atoms with Gasteiger partial charge in [-0.2, -0.15) is 0 Å². The van der Waals surface area contributed by atoms with E-state index in [0.29, 0.717) is 16.9 Å². The van der Waals surface area contributed by atoms with Crippen molar-refractivity contribution in [3.63, 3.8) is 0 Å². The molecule has 3 heteroatoms. The van der Waals surface area contributed by atoms with Crippen LogP contribution in [0, 0.1) is 17.3 Å². The van der Waals surface area contributed by atoms with Gasteiger partial charge in [0.25, 0.3) is 0 Å². The number of hydrogen-bond donors (Lipinski definition) is 0. The van der Waals surface area contributed by atoms with E-state index in [9.17, 15) is 4.79 Å². The van der Waals surface area contributed by atoms with Crippen LogP contribution >= 0.6 is 0 Å². The second-order valence-corrected chi connectivity index (χ2v) is 6.93. The minimum Gasteiger partial charge on any atom is -0.458 e. The third kappa shape index (κ3) is 1.26. The van der Waals surface area contributed by atoms with Gasteiger partial charge in [-0.3, -0.25) is 0 Å². The molecule has 2 heterocycles. The zero-order valence-electron chi connectivity index (χ0n) is 10.9. The van der Waals surface area contributed by atoms with Crippen LogP contribution in [0.5, 0.6) is 0 Å². The Balaban J connectivity index is 1.69. The van der Waals surface area contributed by atoms with E-state index in [-0.39, 0.29) is 23.6 Å². The van der Waals surface area contributed by atoms with Crippen LogP contribution in [0.4, 0.5) is 0 Å². The van der Waals surface area contributed by atoms with E-state index in [1.165, 1.54) is 19.3 Å². The predicted octanol–water partition coefficient (Wildman–Crippen LogP) is 2.45. The van der Waals surface area contributed by atoms with Crippen LogP contribution < -0.4 is 0 Å². The molecular weight excluding hydrogens is 228 g/mol. The Bertz CT molecular complexity index is 437. The summed E-state index contributed by atoms with van der Waals surface area (Å²) in [5, 5.41) is 0.